The molecular weight excluding hydrogens is 1190 g/mol. The second kappa shape index (κ2) is 30.8. The smallest absolute Gasteiger partial charge is 0.321 e. The third kappa shape index (κ3) is 17.8. The summed E-state index contributed by atoms with van der Waals surface area (Å²) in [5.74, 6) is 16.1. The second-order valence-corrected chi connectivity index (χ2v) is 26.1. The first kappa shape index (κ1) is 67.9. The molecule has 2 saturated carbocycles. The number of hydrogen-bond donors (Lipinski definition) is 5. The third-order valence-corrected chi connectivity index (χ3v) is 17.9. The Labute approximate surface area is 554 Å². The van der Waals surface area contributed by atoms with Crippen LogP contribution in [0.2, 0.25) is 0 Å². The number of carbonyl (C=O) groups excluding carboxylic acids is 2. The molecule has 0 bridgehead atoms. The summed E-state index contributed by atoms with van der Waals surface area (Å²) in [6.45, 7) is 11.2. The Morgan fingerprint density at radius 2 is 0.892 bits per heavy atom. The molecule has 6 aromatic carbocycles. The third-order valence-electron chi connectivity index (χ3n) is 17.9. The maximum Gasteiger partial charge on any atom is 0.321 e. The Bertz CT molecular complexity index is 3600. The van der Waals surface area contributed by atoms with Crippen LogP contribution in [-0.2, 0) is 9.47 Å². The number of aliphatic hydroxyl groups excluding tert-OH is 2. The number of halogens is 1. The van der Waals surface area contributed by atoms with Crippen molar-refractivity contribution < 1.29 is 38.7 Å². The van der Waals surface area contributed by atoms with E-state index in [1.165, 1.54) is 11.1 Å². The molecule has 4 amide bonds. The zero-order valence-corrected chi connectivity index (χ0v) is 54.9. The summed E-state index contributed by atoms with van der Waals surface area (Å²) in [6.07, 6.45) is 2.69. The van der Waals surface area contributed by atoms with E-state index in [0.29, 0.717) is 44.1 Å². The van der Waals surface area contributed by atoms with Gasteiger partial charge in [-0.2, -0.15) is 0 Å². The Morgan fingerprint density at radius 1 is 0.538 bits per heavy atom. The largest absolute Gasteiger partial charge is 0.490 e. The number of anilines is 2. The van der Waals surface area contributed by atoms with Crippen LogP contribution in [0.4, 0.5) is 21.0 Å². The summed E-state index contributed by atoms with van der Waals surface area (Å²) in [5.41, 5.74) is 7.76. The fraction of sp³-hybridized carbons (Fsp3) is 0.413. The van der Waals surface area contributed by atoms with Crippen molar-refractivity contribution in [2.24, 2.45) is 0 Å². The monoisotopic (exact) mass is 1280 g/mol. The van der Waals surface area contributed by atoms with Gasteiger partial charge in [0, 0.05) is 109 Å². The fourth-order valence-electron chi connectivity index (χ4n) is 13.2. The van der Waals surface area contributed by atoms with E-state index in [4.69, 9.17) is 24.4 Å². The molecule has 13 rings (SSSR count). The van der Waals surface area contributed by atoms with E-state index in [2.05, 4.69) is 123 Å². The number of fused-ring (bicyclic) bond motifs is 3. The van der Waals surface area contributed by atoms with Gasteiger partial charge in [0.1, 0.15) is 23.7 Å². The molecule has 93 heavy (non-hydrogen) atoms. The van der Waals surface area contributed by atoms with Crippen molar-refractivity contribution in [3.05, 3.63) is 198 Å². The van der Waals surface area contributed by atoms with Crippen molar-refractivity contribution in [2.45, 2.75) is 118 Å². The van der Waals surface area contributed by atoms with Gasteiger partial charge in [0.05, 0.1) is 37.5 Å². The van der Waals surface area contributed by atoms with Gasteiger partial charge in [-0.3, -0.25) is 15.2 Å². The molecule has 18 heteroatoms. The van der Waals surface area contributed by atoms with Crippen LogP contribution in [0.25, 0.3) is 0 Å². The summed E-state index contributed by atoms with van der Waals surface area (Å²) in [7, 11) is 8.34. The first-order valence-electron chi connectivity index (χ1n) is 32.2. The number of ether oxygens (including phenoxy) is 4. The van der Waals surface area contributed by atoms with Gasteiger partial charge in [0.25, 0.3) is 0 Å². The number of β-amino-alcohol motifs (C(OH)–C–C–N with tert-alkyl or cyclic N) is 1. The molecule has 0 aromatic heterocycles. The number of rotatable bonds is 12. The van der Waals surface area contributed by atoms with Crippen LogP contribution in [0.3, 0.4) is 0 Å². The molecule has 5 saturated heterocycles. The van der Waals surface area contributed by atoms with Gasteiger partial charge in [-0.25, -0.2) is 9.59 Å². The summed E-state index contributed by atoms with van der Waals surface area (Å²) in [4.78, 5) is 40.2. The molecule has 5 N–H and O–H groups in total. The lowest BCUT2D eigenvalue weighted by molar-refractivity contribution is -0.150. The molecule has 488 valence electrons. The van der Waals surface area contributed by atoms with E-state index in [9.17, 15) is 19.8 Å². The first-order chi connectivity index (χ1) is 44.5. The van der Waals surface area contributed by atoms with Crippen molar-refractivity contribution in [1.82, 2.24) is 29.4 Å². The van der Waals surface area contributed by atoms with E-state index in [-0.39, 0.29) is 79.2 Å². The predicted octanol–water partition coefficient (Wildman–Crippen LogP) is 9.83. The lowest BCUT2D eigenvalue weighted by atomic mass is 9.73. The molecule has 7 fully saturated rings. The molecule has 7 aliphatic rings. The number of hydrogen-bond acceptors (Lipinski definition) is 13. The molecule has 6 aromatic rings. The summed E-state index contributed by atoms with van der Waals surface area (Å²) in [5, 5.41) is 33.7. The van der Waals surface area contributed by atoms with Gasteiger partial charge in [-0.1, -0.05) is 84.3 Å². The molecule has 0 spiro atoms. The second-order valence-electron chi connectivity index (χ2n) is 26.1. The zero-order valence-electron chi connectivity index (χ0n) is 54.1. The first-order valence-corrected chi connectivity index (χ1v) is 32.2. The van der Waals surface area contributed by atoms with Gasteiger partial charge in [-0.05, 0) is 188 Å². The summed E-state index contributed by atoms with van der Waals surface area (Å²) >= 11 is 0. The number of nitrogens with zero attached hydrogens (tertiary/aromatic N) is 6. The summed E-state index contributed by atoms with van der Waals surface area (Å²) < 4.78 is 24.5. The number of urea groups is 2. The fourth-order valence-corrected chi connectivity index (χ4v) is 13.2. The molecule has 10 atom stereocenters. The van der Waals surface area contributed by atoms with E-state index in [1.54, 1.807) is 10.8 Å². The Balaban J connectivity index is 0.000000194. The van der Waals surface area contributed by atoms with Crippen molar-refractivity contribution in [2.75, 3.05) is 91.2 Å². The lowest BCUT2D eigenvalue weighted by Crippen LogP contribution is -2.71. The van der Waals surface area contributed by atoms with Gasteiger partial charge < -0.3 is 59.4 Å². The van der Waals surface area contributed by atoms with E-state index >= 15 is 0 Å². The topological polar surface area (TPSA) is 179 Å². The van der Waals surface area contributed by atoms with E-state index in [1.807, 2.05) is 142 Å². The van der Waals surface area contributed by atoms with Crippen molar-refractivity contribution in [1.29, 1.82) is 5.41 Å². The molecule has 5 heterocycles. The molecule has 0 unspecified atom stereocenters. The highest BCUT2D eigenvalue weighted by molar-refractivity contribution is 5.90. The number of aliphatic hydroxyl groups is 2. The quantitative estimate of drug-likeness (QED) is 0.0580. The minimum atomic E-state index is -1.04. The van der Waals surface area contributed by atoms with Crippen LogP contribution in [-0.4, -0.2) is 205 Å². The highest BCUT2D eigenvalue weighted by Gasteiger charge is 2.56. The number of likely N-dealkylation sites (N-methyl/N-ethyl adjacent to an activating group) is 2. The standard InChI is InChI=1S/C38H44N4O4.C35H40N4O4.C2H3N.ClH/c1-38(2)45-34-24-41(37(43)39-29-16-18-30(19-17-29)44-31-20-21-31)23-33-36(32(22-40(3)4)42(33)25-35(34)46-38)28-14-12-27(13-15-28)11-10-26-8-6-5-7-9-26;1-37(2)20-30-34(26-12-10-25(11-13-26)9-8-24-6-4-3-5-7-24)31-21-38(22-32(40)33(41)23-39(30)31)35(42)36-27-14-16-28(17-15-27)43-29-18-19-29;1-2-3;/h5-9,12-19,31-36H,20-25H2,1-4H3,(H,39,43);3-7,10-17,29-34,40-41H,18-23H2,1-2H3,(H,36,42);3H,1H2;1H/t32-,33+,34-,35+,36+;30-,31+,32-,33+,34+;;/m11../s1. The van der Waals surface area contributed by atoms with Gasteiger partial charge in [-0.15, -0.1) is 12.4 Å². The molecular formula is C75H88ClN9O8. The predicted molar refractivity (Wildman–Crippen MR) is 367 cm³/mol. The normalized spacial score (nSPS) is 25.1. The van der Waals surface area contributed by atoms with Gasteiger partial charge >= 0.3 is 12.1 Å². The van der Waals surface area contributed by atoms with Crippen LogP contribution in [0.15, 0.2) is 164 Å². The zero-order chi connectivity index (χ0) is 64.5. The average molecular weight is 1280 g/mol. The lowest BCUT2D eigenvalue weighted by Gasteiger charge is -2.59. The van der Waals surface area contributed by atoms with Crippen LogP contribution >= 0.6 is 12.4 Å². The van der Waals surface area contributed by atoms with Gasteiger partial charge in [0.2, 0.25) is 0 Å². The Morgan fingerprint density at radius 3 is 1.28 bits per heavy atom. The number of carbonyl (C=O) groups is 2. The van der Waals surface area contributed by atoms with Crippen LogP contribution < -0.4 is 20.1 Å². The Kier molecular flexibility index (Phi) is 22.5. The van der Waals surface area contributed by atoms with E-state index in [0.717, 1.165) is 84.8 Å². The van der Waals surface area contributed by atoms with Crippen molar-refractivity contribution in [3.63, 3.8) is 0 Å². The van der Waals surface area contributed by atoms with Crippen LogP contribution in [0.5, 0.6) is 11.5 Å². The maximum absolute atomic E-state index is 13.9. The molecule has 0 radical (unpaired) electrons. The highest BCUT2D eigenvalue weighted by atomic mass is 35.5. The van der Waals surface area contributed by atoms with Crippen molar-refractivity contribution in [3.8, 4) is 35.2 Å². The van der Waals surface area contributed by atoms with E-state index < -0.39 is 18.0 Å². The minimum absolute atomic E-state index is 0. The number of benzene rings is 6. The Hall–Kier alpha value is -8.00. The molecule has 17 nitrogen and oxygen atoms in total. The number of nitrogens with one attached hydrogen (secondary N) is 3. The summed E-state index contributed by atoms with van der Waals surface area (Å²) in [6, 6.07) is 52.2. The SMILES string of the molecule is C=C=N.CN(C)C[C@@H]1[C@H](c2ccc(C#Cc3ccccc3)cc2)[C@@H]2CN(C(=O)Nc3ccc(OC4CC4)cc3)C[C@@H](O)[C@@H](O)CN12.CN(C)C[C@@H]1[C@H](c2ccc(C#Cc3ccccc3)cc2)[C@@H]2CN(C(=O)Nc3ccc(OC4CC4)cc3)C[C@H]3OC(C)(C)O[C@H]3CN12.Cl. The minimum Gasteiger partial charge on any atom is -0.490 e. The van der Waals surface area contributed by atoms with Crippen LogP contribution in [0, 0.1) is 29.1 Å². The van der Waals surface area contributed by atoms with Crippen molar-refractivity contribution >= 4 is 41.7 Å². The van der Waals surface area contributed by atoms with Gasteiger partial charge in [0.15, 0.2) is 5.79 Å². The highest BCUT2D eigenvalue weighted by Crippen LogP contribution is 2.46. The maximum atomic E-state index is 13.9. The molecule has 2 aliphatic carbocycles. The number of amides is 4. The average Bonchev–Trinajstić information content (AvgIpc) is 1.50. The molecule has 5 aliphatic heterocycles. The van der Waals surface area contributed by atoms with Crippen LogP contribution in [0.1, 0.15) is 84.7 Å².